The Bertz CT molecular complexity index is 1210. The normalized spacial score (nSPS) is 35.2. The van der Waals surface area contributed by atoms with Crippen molar-refractivity contribution in [1.29, 1.82) is 0 Å². The van der Waals surface area contributed by atoms with Gasteiger partial charge in [0, 0.05) is 48.1 Å². The summed E-state index contributed by atoms with van der Waals surface area (Å²) < 4.78 is 5.16. The zero-order chi connectivity index (χ0) is 23.8. The van der Waals surface area contributed by atoms with Gasteiger partial charge in [0.05, 0.1) is 12.5 Å². The van der Waals surface area contributed by atoms with Crippen LogP contribution in [0, 0.1) is 17.3 Å². The average Bonchev–Trinajstić information content (AvgIpc) is 3.42. The Hall–Kier alpha value is -2.79. The van der Waals surface area contributed by atoms with Crippen molar-refractivity contribution in [2.75, 3.05) is 20.1 Å². The molecule has 7 rings (SSSR count). The van der Waals surface area contributed by atoms with Crippen LogP contribution in [0.4, 0.5) is 0 Å². The first-order valence-corrected chi connectivity index (χ1v) is 13.2. The summed E-state index contributed by atoms with van der Waals surface area (Å²) in [7, 11) is 1.99. The van der Waals surface area contributed by atoms with Crippen LogP contribution < -0.4 is 0 Å². The number of hydrogen-bond donors (Lipinski definition) is 1. The van der Waals surface area contributed by atoms with E-state index in [0.717, 1.165) is 37.3 Å². The number of amides is 1. The monoisotopic (exact) mass is 470 g/mol. The number of furan rings is 1. The Labute approximate surface area is 207 Å². The minimum absolute atomic E-state index is 0.0373. The molecule has 1 N–H and O–H groups in total. The van der Waals surface area contributed by atoms with E-state index in [-0.39, 0.29) is 22.8 Å². The number of likely N-dealkylation sites (tertiary alicyclic amines) is 1. The van der Waals surface area contributed by atoms with Gasteiger partial charge in [-0.2, -0.15) is 0 Å². The lowest BCUT2D eigenvalue weighted by molar-refractivity contribution is -0.142. The lowest BCUT2D eigenvalue weighted by Crippen LogP contribution is -2.72. The van der Waals surface area contributed by atoms with Gasteiger partial charge in [-0.05, 0) is 92.3 Å². The van der Waals surface area contributed by atoms with E-state index in [0.29, 0.717) is 17.7 Å². The molecule has 2 saturated carbocycles. The Morgan fingerprint density at radius 3 is 2.97 bits per heavy atom. The molecule has 35 heavy (non-hydrogen) atoms. The molecule has 5 atom stereocenters. The fraction of sp³-hybridized carbons (Fsp3) is 0.500. The van der Waals surface area contributed by atoms with Crippen LogP contribution in [0.25, 0.3) is 6.08 Å². The van der Waals surface area contributed by atoms with Gasteiger partial charge in [-0.15, -0.1) is 0 Å². The number of fused-ring (bicyclic) bond motifs is 2. The van der Waals surface area contributed by atoms with E-state index in [1.807, 2.05) is 36.2 Å². The first-order chi connectivity index (χ1) is 17.0. The van der Waals surface area contributed by atoms with Gasteiger partial charge in [-0.1, -0.05) is 18.2 Å². The molecule has 1 aliphatic heterocycles. The van der Waals surface area contributed by atoms with Crippen molar-refractivity contribution in [1.82, 2.24) is 9.80 Å². The van der Waals surface area contributed by atoms with Crippen molar-refractivity contribution in [2.24, 2.45) is 17.3 Å². The number of phenolic OH excluding ortho intramolecular Hbond substituents is 1. The van der Waals surface area contributed by atoms with E-state index < -0.39 is 0 Å². The molecule has 1 saturated heterocycles. The van der Waals surface area contributed by atoms with Crippen LogP contribution in [0.3, 0.4) is 0 Å². The maximum Gasteiger partial charge on any atom is 0.246 e. The lowest BCUT2D eigenvalue weighted by atomic mass is 9.44. The molecule has 1 spiro atoms. The number of rotatable bonds is 5. The number of carbonyl (C=O) groups excluding carboxylic acids is 1. The van der Waals surface area contributed by atoms with E-state index in [1.165, 1.54) is 36.9 Å². The number of allylic oxidation sites excluding steroid dienone is 1. The summed E-state index contributed by atoms with van der Waals surface area (Å²) in [6, 6.07) is 8.39. The summed E-state index contributed by atoms with van der Waals surface area (Å²) in [6.07, 6.45) is 18.8. The second-order valence-electron chi connectivity index (χ2n) is 11.7. The van der Waals surface area contributed by atoms with Crippen molar-refractivity contribution in [3.63, 3.8) is 0 Å². The first-order valence-electron chi connectivity index (χ1n) is 13.2. The van der Waals surface area contributed by atoms with Crippen LogP contribution in [-0.2, 0) is 16.6 Å². The molecule has 1 aromatic carbocycles. The minimum Gasteiger partial charge on any atom is -0.508 e. The Morgan fingerprint density at radius 2 is 2.17 bits per heavy atom. The number of piperidine rings is 1. The van der Waals surface area contributed by atoms with Crippen molar-refractivity contribution in [3.05, 3.63) is 71.7 Å². The molecule has 5 heteroatoms. The molecular weight excluding hydrogens is 436 g/mol. The fourth-order valence-electron chi connectivity index (χ4n) is 8.40. The van der Waals surface area contributed by atoms with Gasteiger partial charge < -0.3 is 14.4 Å². The second kappa shape index (κ2) is 7.60. The van der Waals surface area contributed by atoms with Crippen LogP contribution in [-0.4, -0.2) is 53.0 Å². The van der Waals surface area contributed by atoms with Gasteiger partial charge >= 0.3 is 0 Å². The van der Waals surface area contributed by atoms with Gasteiger partial charge in [0.15, 0.2) is 0 Å². The molecule has 1 aromatic heterocycles. The van der Waals surface area contributed by atoms with Crippen LogP contribution in [0.1, 0.15) is 48.8 Å². The smallest absolute Gasteiger partial charge is 0.246 e. The van der Waals surface area contributed by atoms with E-state index in [2.05, 4.69) is 23.1 Å². The van der Waals surface area contributed by atoms with Gasteiger partial charge in [0.1, 0.15) is 5.75 Å². The van der Waals surface area contributed by atoms with Crippen molar-refractivity contribution >= 4 is 12.0 Å². The molecule has 0 radical (unpaired) electrons. The molecule has 5 aliphatic rings. The zero-order valence-corrected chi connectivity index (χ0v) is 20.4. The molecule has 5 nitrogen and oxygen atoms in total. The first kappa shape index (κ1) is 21.5. The van der Waals surface area contributed by atoms with E-state index in [4.69, 9.17) is 4.42 Å². The quantitative estimate of drug-likeness (QED) is 0.505. The predicted molar refractivity (Wildman–Crippen MR) is 135 cm³/mol. The third-order valence-corrected chi connectivity index (χ3v) is 9.97. The molecule has 4 aliphatic carbocycles. The molecule has 2 bridgehead atoms. The van der Waals surface area contributed by atoms with Crippen LogP contribution >= 0.6 is 0 Å². The molecule has 5 unspecified atom stereocenters. The summed E-state index contributed by atoms with van der Waals surface area (Å²) in [5.41, 5.74) is 3.50. The van der Waals surface area contributed by atoms with Crippen molar-refractivity contribution < 1.29 is 14.3 Å². The van der Waals surface area contributed by atoms with E-state index in [9.17, 15) is 9.90 Å². The maximum atomic E-state index is 13.5. The SMILES string of the molecule is CN(C(=O)/C=C/c1ccoc1)C1CC2C=CC3N(CC4CC4)CCC14c1cc(O)ccc1CC34C2. The van der Waals surface area contributed by atoms with Crippen molar-refractivity contribution in [2.45, 2.75) is 56.0 Å². The highest BCUT2D eigenvalue weighted by Crippen LogP contribution is 2.69. The third-order valence-electron chi connectivity index (χ3n) is 9.97. The molecule has 2 heterocycles. The van der Waals surface area contributed by atoms with Gasteiger partial charge in [0.2, 0.25) is 5.91 Å². The number of benzene rings is 1. The summed E-state index contributed by atoms with van der Waals surface area (Å²) >= 11 is 0. The van der Waals surface area contributed by atoms with Crippen LogP contribution in [0.15, 0.2) is 59.4 Å². The molecule has 2 aromatic rings. The maximum absolute atomic E-state index is 13.5. The van der Waals surface area contributed by atoms with E-state index in [1.54, 1.807) is 18.6 Å². The van der Waals surface area contributed by atoms with Gasteiger partial charge in [-0.3, -0.25) is 9.69 Å². The minimum atomic E-state index is -0.138. The second-order valence-corrected chi connectivity index (χ2v) is 11.7. The van der Waals surface area contributed by atoms with Gasteiger partial charge in [-0.25, -0.2) is 0 Å². The summed E-state index contributed by atoms with van der Waals surface area (Å²) in [4.78, 5) is 18.3. The average molecular weight is 471 g/mol. The topological polar surface area (TPSA) is 56.9 Å². The summed E-state index contributed by atoms with van der Waals surface area (Å²) in [6.45, 7) is 2.25. The van der Waals surface area contributed by atoms with Crippen LogP contribution in [0.5, 0.6) is 5.75 Å². The molecule has 1 amide bonds. The largest absolute Gasteiger partial charge is 0.508 e. The highest BCUT2D eigenvalue weighted by molar-refractivity contribution is 5.92. The van der Waals surface area contributed by atoms with Crippen molar-refractivity contribution in [3.8, 4) is 5.75 Å². The zero-order valence-electron chi connectivity index (χ0n) is 20.4. The molecule has 3 fully saturated rings. The Kier molecular flexibility index (Phi) is 4.67. The van der Waals surface area contributed by atoms with E-state index >= 15 is 0 Å². The Balaban J connectivity index is 1.33. The molecular formula is C30H34N2O3. The third kappa shape index (κ3) is 3.07. The fourth-order valence-corrected chi connectivity index (χ4v) is 8.40. The Morgan fingerprint density at radius 1 is 1.29 bits per heavy atom. The number of phenols is 1. The number of likely N-dealkylation sites (N-methyl/N-ethyl adjacent to an activating group) is 1. The summed E-state index contributed by atoms with van der Waals surface area (Å²) in [5, 5.41) is 10.6. The molecule has 182 valence electrons. The highest BCUT2D eigenvalue weighted by Gasteiger charge is 2.70. The lowest BCUT2D eigenvalue weighted by Gasteiger charge is -2.66. The number of hydrogen-bond acceptors (Lipinski definition) is 4. The van der Waals surface area contributed by atoms with Crippen LogP contribution in [0.2, 0.25) is 0 Å². The van der Waals surface area contributed by atoms with Gasteiger partial charge in [0.25, 0.3) is 0 Å². The highest BCUT2D eigenvalue weighted by atomic mass is 16.3. The summed E-state index contributed by atoms with van der Waals surface area (Å²) in [5.74, 6) is 1.72. The predicted octanol–water partition coefficient (Wildman–Crippen LogP) is 4.77. The number of nitrogens with zero attached hydrogens (tertiary/aromatic N) is 2. The number of aromatic hydroxyl groups is 1. The standard InChI is InChI=1S/C30H34N2O3/c1-31(28(34)9-5-21-10-13-35-19-21)27-14-22-4-8-26-29(16-22)17-23-6-7-24(33)15-25(23)30(27,29)11-12-32(26)18-20-2-3-20/h4-10,13,15,19-20,22,26-27,33H,2-3,11-12,14,16-18H2,1H3/b9-5+. The number of carbonyl (C=O) groups is 1.